The minimum atomic E-state index is -0.637. The number of carbonyl (C=O) groups is 1. The van der Waals surface area contributed by atoms with Crippen molar-refractivity contribution in [3.63, 3.8) is 0 Å². The molecule has 184 valence electrons. The highest BCUT2D eigenvalue weighted by Crippen LogP contribution is 2.39. The summed E-state index contributed by atoms with van der Waals surface area (Å²) in [6.07, 6.45) is 2.31. The van der Waals surface area contributed by atoms with E-state index in [2.05, 4.69) is 22.1 Å². The van der Waals surface area contributed by atoms with Gasteiger partial charge in [0.2, 0.25) is 0 Å². The maximum absolute atomic E-state index is 11.9. The van der Waals surface area contributed by atoms with Gasteiger partial charge in [0.15, 0.2) is 11.4 Å². The fourth-order valence-electron chi connectivity index (χ4n) is 3.65. The molecule has 0 unspecified atom stereocenters. The summed E-state index contributed by atoms with van der Waals surface area (Å²) in [6.45, 7) is 3.66. The highest BCUT2D eigenvalue weighted by molar-refractivity contribution is 7.99. The summed E-state index contributed by atoms with van der Waals surface area (Å²) in [6, 6.07) is 15.0. The largest absolute Gasteiger partial charge is 0.445 e. The average Bonchev–Trinajstić information content (AvgIpc) is 3.30. The van der Waals surface area contributed by atoms with Crippen molar-refractivity contribution in [3.8, 4) is 0 Å². The maximum atomic E-state index is 11.9. The van der Waals surface area contributed by atoms with E-state index in [1.165, 1.54) is 6.08 Å². The first-order valence-corrected chi connectivity index (χ1v) is 12.2. The number of ether oxygens (including phenoxy) is 3. The molecular formula is C25H28N4O5S. The topological polar surface area (TPSA) is 108 Å². The van der Waals surface area contributed by atoms with Gasteiger partial charge in [-0.1, -0.05) is 60.8 Å². The molecule has 2 N–H and O–H groups in total. The summed E-state index contributed by atoms with van der Waals surface area (Å²) in [4.78, 5) is 11.9. The zero-order valence-corrected chi connectivity index (χ0v) is 20.2. The van der Waals surface area contributed by atoms with Crippen LogP contribution in [0.15, 0.2) is 72.7 Å². The standard InChI is InChI=1S/C25H28N4O5S/c1-3-11-32-25(31)27-20-6-4-5-19(12-20)23-33-21(15-35-24-28-26-16-29(24)2)13-22(34-23)18-9-7-17(14-30)8-10-18/h3-10,12,16,21-23,30H,1,11,13-15H2,2H3,(H,27,31)/t21-,22+,23+/m0/s1. The number of aliphatic hydroxyl groups excluding tert-OH is 1. The van der Waals surface area contributed by atoms with Gasteiger partial charge in [0.05, 0.1) is 18.8 Å². The second-order valence-corrected chi connectivity index (χ2v) is 9.01. The number of benzene rings is 2. The van der Waals surface area contributed by atoms with E-state index in [0.717, 1.165) is 21.8 Å². The van der Waals surface area contributed by atoms with Crippen LogP contribution in [0, 0.1) is 0 Å². The molecule has 1 fully saturated rings. The zero-order valence-electron chi connectivity index (χ0n) is 19.4. The Labute approximate surface area is 208 Å². The number of nitrogens with zero attached hydrogens (tertiary/aromatic N) is 3. The number of aryl methyl sites for hydroxylation is 1. The molecule has 4 rings (SSSR count). The predicted octanol–water partition coefficient (Wildman–Crippen LogP) is 4.38. The first kappa shape index (κ1) is 24.9. The highest BCUT2D eigenvalue weighted by atomic mass is 32.2. The molecule has 0 saturated carbocycles. The van der Waals surface area contributed by atoms with E-state index in [1.54, 1.807) is 24.2 Å². The van der Waals surface area contributed by atoms with E-state index in [1.807, 2.05) is 54.1 Å². The van der Waals surface area contributed by atoms with Crippen molar-refractivity contribution < 1.29 is 24.1 Å². The minimum Gasteiger partial charge on any atom is -0.445 e. The predicted molar refractivity (Wildman–Crippen MR) is 132 cm³/mol. The molecule has 2 aromatic carbocycles. The van der Waals surface area contributed by atoms with Crippen LogP contribution in [0.2, 0.25) is 0 Å². The van der Waals surface area contributed by atoms with Crippen molar-refractivity contribution in [1.82, 2.24) is 14.8 Å². The third kappa shape index (κ3) is 6.70. The molecule has 1 amide bonds. The molecule has 0 spiro atoms. The molecule has 10 heteroatoms. The molecule has 1 aromatic heterocycles. The molecule has 1 aliphatic heterocycles. The van der Waals surface area contributed by atoms with Crippen LogP contribution in [-0.4, -0.2) is 44.4 Å². The van der Waals surface area contributed by atoms with Gasteiger partial charge in [0.25, 0.3) is 0 Å². The summed E-state index contributed by atoms with van der Waals surface area (Å²) in [5.74, 6) is 0.670. The lowest BCUT2D eigenvalue weighted by Gasteiger charge is -2.36. The maximum Gasteiger partial charge on any atom is 0.411 e. The number of amides is 1. The molecular weight excluding hydrogens is 468 g/mol. The summed E-state index contributed by atoms with van der Waals surface area (Å²) >= 11 is 1.57. The Morgan fingerprint density at radius 3 is 2.83 bits per heavy atom. The Kier molecular flexibility index (Phi) is 8.54. The van der Waals surface area contributed by atoms with Gasteiger partial charge < -0.3 is 23.9 Å². The van der Waals surface area contributed by atoms with Gasteiger partial charge in [0, 0.05) is 30.5 Å². The van der Waals surface area contributed by atoms with Gasteiger partial charge in [-0.15, -0.1) is 10.2 Å². The quantitative estimate of drug-likeness (QED) is 0.332. The van der Waals surface area contributed by atoms with E-state index >= 15 is 0 Å². The number of thioether (sulfide) groups is 1. The lowest BCUT2D eigenvalue weighted by Crippen LogP contribution is -2.31. The third-order valence-corrected chi connectivity index (χ3v) is 6.59. The number of hydrogen-bond acceptors (Lipinski definition) is 8. The van der Waals surface area contributed by atoms with E-state index in [4.69, 9.17) is 14.2 Å². The van der Waals surface area contributed by atoms with Crippen LogP contribution in [0.1, 0.15) is 35.5 Å². The summed E-state index contributed by atoms with van der Waals surface area (Å²) in [5.41, 5.74) is 3.19. The third-order valence-electron chi connectivity index (χ3n) is 5.42. The number of rotatable bonds is 9. The van der Waals surface area contributed by atoms with Crippen LogP contribution in [-0.2, 0) is 27.9 Å². The fourth-order valence-corrected chi connectivity index (χ4v) is 4.55. The molecule has 3 aromatic rings. The average molecular weight is 497 g/mol. The summed E-state index contributed by atoms with van der Waals surface area (Å²) in [7, 11) is 1.90. The molecule has 2 heterocycles. The van der Waals surface area contributed by atoms with Crippen molar-refractivity contribution in [2.24, 2.45) is 7.05 Å². The van der Waals surface area contributed by atoms with Crippen molar-refractivity contribution in [2.45, 2.75) is 36.7 Å². The second-order valence-electron chi connectivity index (χ2n) is 8.02. The van der Waals surface area contributed by atoms with Gasteiger partial charge in [-0.05, 0) is 23.3 Å². The van der Waals surface area contributed by atoms with Crippen molar-refractivity contribution in [2.75, 3.05) is 17.7 Å². The second kappa shape index (κ2) is 12.0. The van der Waals surface area contributed by atoms with Crippen LogP contribution in [0.3, 0.4) is 0 Å². The Bertz CT molecular complexity index is 1140. The zero-order chi connectivity index (χ0) is 24.6. The van der Waals surface area contributed by atoms with Crippen LogP contribution < -0.4 is 5.32 Å². The van der Waals surface area contributed by atoms with Crippen molar-refractivity contribution in [3.05, 3.63) is 84.2 Å². The molecule has 35 heavy (non-hydrogen) atoms. The Hall–Kier alpha value is -3.18. The fraction of sp³-hybridized carbons (Fsp3) is 0.320. The number of anilines is 1. The first-order valence-electron chi connectivity index (χ1n) is 11.2. The first-order chi connectivity index (χ1) is 17.1. The van der Waals surface area contributed by atoms with E-state index in [-0.39, 0.29) is 25.4 Å². The van der Waals surface area contributed by atoms with Crippen LogP contribution in [0.5, 0.6) is 0 Å². The molecule has 0 aliphatic carbocycles. The number of carbonyl (C=O) groups excluding carboxylic acids is 1. The molecule has 1 saturated heterocycles. The van der Waals surface area contributed by atoms with Crippen molar-refractivity contribution in [1.29, 1.82) is 0 Å². The highest BCUT2D eigenvalue weighted by Gasteiger charge is 2.32. The van der Waals surface area contributed by atoms with E-state index in [0.29, 0.717) is 17.9 Å². The lowest BCUT2D eigenvalue weighted by molar-refractivity contribution is -0.245. The molecule has 0 bridgehead atoms. The van der Waals surface area contributed by atoms with Gasteiger partial charge in [-0.25, -0.2) is 4.79 Å². The summed E-state index contributed by atoms with van der Waals surface area (Å²) < 4.78 is 19.6. The molecule has 3 atom stereocenters. The van der Waals surface area contributed by atoms with Crippen LogP contribution >= 0.6 is 11.8 Å². The monoisotopic (exact) mass is 496 g/mol. The van der Waals surface area contributed by atoms with Crippen LogP contribution in [0.4, 0.5) is 10.5 Å². The van der Waals surface area contributed by atoms with Gasteiger partial charge in [0.1, 0.15) is 12.9 Å². The van der Waals surface area contributed by atoms with Crippen molar-refractivity contribution >= 4 is 23.5 Å². The lowest BCUT2D eigenvalue weighted by atomic mass is 10.0. The SMILES string of the molecule is C=CCOC(=O)Nc1cccc([C@@H]2O[C@H](CSc3nncn3C)C[C@H](c3ccc(CO)cc3)O2)c1. The Balaban J connectivity index is 1.52. The molecule has 1 aliphatic rings. The Morgan fingerprint density at radius 2 is 2.11 bits per heavy atom. The van der Waals surface area contributed by atoms with Gasteiger partial charge >= 0.3 is 6.09 Å². The Morgan fingerprint density at radius 1 is 1.29 bits per heavy atom. The summed E-state index contributed by atoms with van der Waals surface area (Å²) in [5, 5.41) is 21.0. The van der Waals surface area contributed by atoms with E-state index in [9.17, 15) is 9.90 Å². The van der Waals surface area contributed by atoms with Crippen LogP contribution in [0.25, 0.3) is 0 Å². The van der Waals surface area contributed by atoms with Gasteiger partial charge in [-0.3, -0.25) is 5.32 Å². The molecule has 0 radical (unpaired) electrons. The minimum absolute atomic E-state index is 0.0104. The number of nitrogens with one attached hydrogen (secondary N) is 1. The van der Waals surface area contributed by atoms with Gasteiger partial charge in [-0.2, -0.15) is 0 Å². The number of aliphatic hydroxyl groups is 1. The number of aromatic nitrogens is 3. The normalized spacial score (nSPS) is 19.8. The smallest absolute Gasteiger partial charge is 0.411 e. The van der Waals surface area contributed by atoms with E-state index < -0.39 is 12.4 Å². The molecule has 9 nitrogen and oxygen atoms in total. The number of hydrogen-bond donors (Lipinski definition) is 2.